The van der Waals surface area contributed by atoms with Crippen LogP contribution in [0.2, 0.25) is 0 Å². The van der Waals surface area contributed by atoms with Crippen molar-refractivity contribution >= 4 is 17.2 Å². The average molecular weight is 300 g/mol. The molecular weight excluding hydrogens is 284 g/mol. The van der Waals surface area contributed by atoms with Crippen LogP contribution in [0.3, 0.4) is 0 Å². The van der Waals surface area contributed by atoms with Crippen molar-refractivity contribution in [3.63, 3.8) is 0 Å². The molecule has 0 aliphatic carbocycles. The molecule has 2 N–H and O–H groups in total. The van der Waals surface area contributed by atoms with E-state index in [2.05, 4.69) is 35.1 Å². The van der Waals surface area contributed by atoms with Crippen LogP contribution in [0.5, 0.6) is 0 Å². The van der Waals surface area contributed by atoms with E-state index in [0.29, 0.717) is 12.1 Å². The summed E-state index contributed by atoms with van der Waals surface area (Å²) in [5.41, 5.74) is 0.801. The molecule has 21 heavy (non-hydrogen) atoms. The summed E-state index contributed by atoms with van der Waals surface area (Å²) in [5.74, 6) is 5.01. The highest BCUT2D eigenvalue weighted by Gasteiger charge is 2.11. The number of rotatable bonds is 4. The molecular formula is C16H16N2O2S. The van der Waals surface area contributed by atoms with E-state index in [4.69, 9.17) is 5.11 Å². The van der Waals surface area contributed by atoms with Crippen molar-refractivity contribution in [2.75, 3.05) is 6.61 Å². The molecule has 4 nitrogen and oxygen atoms in total. The normalized spacial score (nSPS) is 9.81. The third-order valence-corrected chi connectivity index (χ3v) is 4.04. The number of thiophene rings is 1. The Hall–Kier alpha value is -2.16. The second kappa shape index (κ2) is 7.58. The van der Waals surface area contributed by atoms with Gasteiger partial charge in [-0.2, -0.15) is 0 Å². The molecule has 0 spiro atoms. The molecule has 0 aliphatic heterocycles. The molecule has 2 aromatic rings. The maximum Gasteiger partial charge on any atom is 0.271 e. The van der Waals surface area contributed by atoms with Crippen molar-refractivity contribution in [3.05, 3.63) is 51.5 Å². The van der Waals surface area contributed by atoms with E-state index in [9.17, 15) is 4.79 Å². The van der Waals surface area contributed by atoms with Crippen molar-refractivity contribution < 1.29 is 9.90 Å². The lowest BCUT2D eigenvalue weighted by Crippen LogP contribution is -2.24. The highest BCUT2D eigenvalue weighted by atomic mass is 32.1. The zero-order valence-corrected chi connectivity index (χ0v) is 12.5. The lowest BCUT2D eigenvalue weighted by atomic mass is 10.2. The molecule has 0 radical (unpaired) electrons. The minimum absolute atomic E-state index is 0.245. The maximum atomic E-state index is 12.2. The molecule has 0 fully saturated rings. The van der Waals surface area contributed by atoms with Gasteiger partial charge >= 0.3 is 0 Å². The van der Waals surface area contributed by atoms with E-state index in [-0.39, 0.29) is 18.2 Å². The van der Waals surface area contributed by atoms with Crippen LogP contribution in [0.4, 0.5) is 0 Å². The Morgan fingerprint density at radius 2 is 2.19 bits per heavy atom. The summed E-state index contributed by atoms with van der Waals surface area (Å²) in [6, 6.07) is 7.52. The Bertz CT molecular complexity index is 683. The Morgan fingerprint density at radius 3 is 2.90 bits per heavy atom. The molecule has 2 heterocycles. The van der Waals surface area contributed by atoms with Gasteiger partial charge in [0.1, 0.15) is 12.3 Å². The van der Waals surface area contributed by atoms with Crippen LogP contribution >= 0.6 is 11.3 Å². The lowest BCUT2D eigenvalue weighted by Gasteiger charge is -2.04. The molecule has 1 amide bonds. The Labute approximate surface area is 127 Å². The van der Waals surface area contributed by atoms with Gasteiger partial charge in [0.25, 0.3) is 5.91 Å². The summed E-state index contributed by atoms with van der Waals surface area (Å²) in [6.45, 7) is 2.34. The first kappa shape index (κ1) is 15.2. The van der Waals surface area contributed by atoms with E-state index < -0.39 is 0 Å². The molecule has 0 saturated heterocycles. The van der Waals surface area contributed by atoms with Gasteiger partial charge in [0.15, 0.2) is 0 Å². The first-order valence-corrected chi connectivity index (χ1v) is 7.46. The SMILES string of the molecule is CCc1ccc(CNC(=O)c2ncccc2C#CCO)s1. The fourth-order valence-corrected chi connectivity index (χ4v) is 2.68. The van der Waals surface area contributed by atoms with Crippen molar-refractivity contribution in [1.29, 1.82) is 0 Å². The number of pyridine rings is 1. The number of aliphatic hydroxyl groups excluding tert-OH is 1. The monoisotopic (exact) mass is 300 g/mol. The van der Waals surface area contributed by atoms with Crippen molar-refractivity contribution in [2.45, 2.75) is 19.9 Å². The maximum absolute atomic E-state index is 12.2. The van der Waals surface area contributed by atoms with Crippen LogP contribution < -0.4 is 5.32 Å². The van der Waals surface area contributed by atoms with Crippen LogP contribution in [-0.2, 0) is 13.0 Å². The van der Waals surface area contributed by atoms with Gasteiger partial charge in [-0.05, 0) is 30.7 Å². The summed E-state index contributed by atoms with van der Waals surface area (Å²) in [6.07, 6.45) is 2.55. The molecule has 0 aromatic carbocycles. The van der Waals surface area contributed by atoms with Crippen LogP contribution in [0.1, 0.15) is 32.7 Å². The first-order valence-electron chi connectivity index (χ1n) is 6.65. The minimum atomic E-state index is -0.260. The van der Waals surface area contributed by atoms with Crippen molar-refractivity contribution in [2.24, 2.45) is 0 Å². The van der Waals surface area contributed by atoms with Gasteiger partial charge in [0, 0.05) is 16.0 Å². The largest absolute Gasteiger partial charge is 0.384 e. The third-order valence-electron chi connectivity index (χ3n) is 2.81. The predicted octanol–water partition coefficient (Wildman–Crippen LogP) is 1.98. The number of aliphatic hydroxyl groups is 1. The second-order valence-electron chi connectivity index (χ2n) is 4.26. The van der Waals surface area contributed by atoms with Gasteiger partial charge in [0.2, 0.25) is 0 Å². The number of carbonyl (C=O) groups is 1. The van der Waals surface area contributed by atoms with Gasteiger partial charge in [-0.1, -0.05) is 18.8 Å². The number of aromatic nitrogens is 1. The Balaban J connectivity index is 2.06. The van der Waals surface area contributed by atoms with Gasteiger partial charge in [-0.25, -0.2) is 4.98 Å². The average Bonchev–Trinajstić information content (AvgIpc) is 2.99. The van der Waals surface area contributed by atoms with Crippen LogP contribution in [0.25, 0.3) is 0 Å². The smallest absolute Gasteiger partial charge is 0.271 e. The highest BCUT2D eigenvalue weighted by molar-refractivity contribution is 7.11. The topological polar surface area (TPSA) is 62.2 Å². The predicted molar refractivity (Wildman–Crippen MR) is 83.1 cm³/mol. The summed E-state index contributed by atoms with van der Waals surface area (Å²) < 4.78 is 0. The van der Waals surface area contributed by atoms with E-state index in [1.54, 1.807) is 29.7 Å². The number of hydrogen-bond acceptors (Lipinski definition) is 4. The molecule has 2 aromatic heterocycles. The van der Waals surface area contributed by atoms with E-state index in [1.165, 1.54) is 4.88 Å². The zero-order chi connectivity index (χ0) is 15.1. The van der Waals surface area contributed by atoms with Crippen LogP contribution in [0, 0.1) is 11.8 Å². The number of amides is 1. The molecule has 0 bridgehead atoms. The van der Waals surface area contributed by atoms with Gasteiger partial charge < -0.3 is 10.4 Å². The summed E-state index contributed by atoms with van der Waals surface area (Å²) in [5, 5.41) is 11.6. The van der Waals surface area contributed by atoms with Gasteiger partial charge in [-0.15, -0.1) is 11.3 Å². The molecule has 5 heteroatoms. The highest BCUT2D eigenvalue weighted by Crippen LogP contribution is 2.16. The number of nitrogens with one attached hydrogen (secondary N) is 1. The van der Waals surface area contributed by atoms with Crippen LogP contribution in [0.15, 0.2) is 30.5 Å². The zero-order valence-electron chi connectivity index (χ0n) is 11.7. The minimum Gasteiger partial charge on any atom is -0.384 e. The van der Waals surface area contributed by atoms with E-state index >= 15 is 0 Å². The Kier molecular flexibility index (Phi) is 5.50. The molecule has 0 saturated carbocycles. The second-order valence-corrected chi connectivity index (χ2v) is 5.52. The van der Waals surface area contributed by atoms with Crippen LogP contribution in [-0.4, -0.2) is 22.6 Å². The standard InChI is InChI=1S/C16H16N2O2S/c1-2-13-7-8-14(21-13)11-18-16(20)15-12(6-4-10-19)5-3-9-17-15/h3,5,7-9,19H,2,10-11H2,1H3,(H,18,20). The van der Waals surface area contributed by atoms with Crippen molar-refractivity contribution in [1.82, 2.24) is 10.3 Å². The molecule has 0 atom stereocenters. The summed E-state index contributed by atoms with van der Waals surface area (Å²) in [4.78, 5) is 18.7. The Morgan fingerprint density at radius 1 is 1.38 bits per heavy atom. The van der Waals surface area contributed by atoms with E-state index in [1.807, 2.05) is 6.07 Å². The molecule has 0 unspecified atom stereocenters. The summed E-state index contributed by atoms with van der Waals surface area (Å²) >= 11 is 1.69. The number of carbonyl (C=O) groups excluding carboxylic acids is 1. The number of nitrogens with zero attached hydrogens (tertiary/aromatic N) is 1. The number of hydrogen-bond donors (Lipinski definition) is 2. The molecule has 108 valence electrons. The van der Waals surface area contributed by atoms with Gasteiger partial charge in [-0.3, -0.25) is 4.79 Å². The van der Waals surface area contributed by atoms with Crippen molar-refractivity contribution in [3.8, 4) is 11.8 Å². The fraction of sp³-hybridized carbons (Fsp3) is 0.250. The first-order chi connectivity index (χ1) is 10.2. The number of aryl methyl sites for hydroxylation is 1. The summed E-state index contributed by atoms with van der Waals surface area (Å²) in [7, 11) is 0. The molecule has 2 rings (SSSR count). The third kappa shape index (κ3) is 4.15. The fourth-order valence-electron chi connectivity index (χ4n) is 1.78. The lowest BCUT2D eigenvalue weighted by molar-refractivity contribution is 0.0946. The molecule has 0 aliphatic rings. The quantitative estimate of drug-likeness (QED) is 0.849. The van der Waals surface area contributed by atoms with E-state index in [0.717, 1.165) is 11.3 Å². The van der Waals surface area contributed by atoms with Gasteiger partial charge in [0.05, 0.1) is 12.1 Å².